The lowest BCUT2D eigenvalue weighted by molar-refractivity contribution is 0.0821. The zero-order valence-corrected chi connectivity index (χ0v) is 8.39. The molecular formula is C10H16N2O2. The summed E-state index contributed by atoms with van der Waals surface area (Å²) in [4.78, 5) is 4.19. The highest BCUT2D eigenvalue weighted by molar-refractivity contribution is 4.99. The second kappa shape index (κ2) is 4.11. The SMILES string of the molecule is CCn1ccnc1C(O)C1CCOC1. The van der Waals surface area contributed by atoms with Crippen LogP contribution in [0.25, 0.3) is 0 Å². The summed E-state index contributed by atoms with van der Waals surface area (Å²) in [7, 11) is 0. The van der Waals surface area contributed by atoms with E-state index in [0.29, 0.717) is 6.61 Å². The molecule has 14 heavy (non-hydrogen) atoms. The Bertz CT molecular complexity index is 292. The van der Waals surface area contributed by atoms with E-state index in [2.05, 4.69) is 4.98 Å². The minimum absolute atomic E-state index is 0.211. The summed E-state index contributed by atoms with van der Waals surface area (Å²) in [5, 5.41) is 10.1. The van der Waals surface area contributed by atoms with E-state index < -0.39 is 6.10 Å². The molecule has 1 N–H and O–H groups in total. The van der Waals surface area contributed by atoms with Gasteiger partial charge in [-0.25, -0.2) is 4.98 Å². The second-order valence-electron chi connectivity index (χ2n) is 3.64. The molecule has 0 aromatic carbocycles. The van der Waals surface area contributed by atoms with Crippen LogP contribution in [0.4, 0.5) is 0 Å². The van der Waals surface area contributed by atoms with Gasteiger partial charge in [0, 0.05) is 31.5 Å². The molecule has 0 saturated carbocycles. The predicted molar refractivity (Wildman–Crippen MR) is 51.8 cm³/mol. The molecule has 4 nitrogen and oxygen atoms in total. The number of nitrogens with zero attached hydrogens (tertiary/aromatic N) is 2. The minimum atomic E-state index is -0.479. The first kappa shape index (κ1) is 9.68. The van der Waals surface area contributed by atoms with Crippen molar-refractivity contribution in [1.82, 2.24) is 9.55 Å². The molecule has 2 rings (SSSR count). The lowest BCUT2D eigenvalue weighted by Crippen LogP contribution is -2.17. The van der Waals surface area contributed by atoms with Crippen LogP contribution in [-0.4, -0.2) is 27.9 Å². The normalized spacial score (nSPS) is 24.0. The van der Waals surface area contributed by atoms with Gasteiger partial charge in [-0.3, -0.25) is 0 Å². The average molecular weight is 196 g/mol. The molecule has 2 unspecified atom stereocenters. The number of rotatable bonds is 3. The van der Waals surface area contributed by atoms with Crippen LogP contribution in [0.15, 0.2) is 12.4 Å². The number of aliphatic hydroxyl groups is 1. The Kier molecular flexibility index (Phi) is 2.84. The Morgan fingerprint density at radius 1 is 1.79 bits per heavy atom. The van der Waals surface area contributed by atoms with Crippen LogP contribution in [0.1, 0.15) is 25.3 Å². The number of hydrogen-bond donors (Lipinski definition) is 1. The molecule has 0 spiro atoms. The molecule has 1 aromatic rings. The molecule has 0 radical (unpaired) electrons. The quantitative estimate of drug-likeness (QED) is 0.783. The third kappa shape index (κ3) is 1.67. The average Bonchev–Trinajstić information content (AvgIpc) is 2.87. The maximum atomic E-state index is 10.1. The van der Waals surface area contributed by atoms with Crippen molar-refractivity contribution in [2.45, 2.75) is 26.0 Å². The van der Waals surface area contributed by atoms with Crippen molar-refractivity contribution < 1.29 is 9.84 Å². The molecule has 1 aliphatic rings. The fourth-order valence-electron chi connectivity index (χ4n) is 1.87. The first-order chi connectivity index (χ1) is 6.83. The lowest BCUT2D eigenvalue weighted by atomic mass is 10.0. The molecule has 4 heteroatoms. The third-order valence-electron chi connectivity index (χ3n) is 2.76. The van der Waals surface area contributed by atoms with Crippen LogP contribution < -0.4 is 0 Å². The van der Waals surface area contributed by atoms with Gasteiger partial charge in [-0.15, -0.1) is 0 Å². The van der Waals surface area contributed by atoms with E-state index in [1.807, 2.05) is 17.7 Å². The predicted octanol–water partition coefficient (Wildman–Crippen LogP) is 0.973. The van der Waals surface area contributed by atoms with E-state index >= 15 is 0 Å². The van der Waals surface area contributed by atoms with E-state index in [-0.39, 0.29) is 5.92 Å². The van der Waals surface area contributed by atoms with Gasteiger partial charge in [0.1, 0.15) is 11.9 Å². The Labute approximate surface area is 83.5 Å². The van der Waals surface area contributed by atoms with E-state index in [1.54, 1.807) is 6.20 Å². The molecular weight excluding hydrogens is 180 g/mol. The van der Waals surface area contributed by atoms with Gasteiger partial charge in [-0.1, -0.05) is 0 Å². The van der Waals surface area contributed by atoms with E-state index in [0.717, 1.165) is 25.4 Å². The molecule has 1 aromatic heterocycles. The van der Waals surface area contributed by atoms with Crippen molar-refractivity contribution in [2.24, 2.45) is 5.92 Å². The van der Waals surface area contributed by atoms with Crippen molar-refractivity contribution in [3.05, 3.63) is 18.2 Å². The van der Waals surface area contributed by atoms with E-state index in [9.17, 15) is 5.11 Å². The van der Waals surface area contributed by atoms with Gasteiger partial charge in [0.05, 0.1) is 6.61 Å². The third-order valence-corrected chi connectivity index (χ3v) is 2.76. The molecule has 0 bridgehead atoms. The summed E-state index contributed by atoms with van der Waals surface area (Å²) in [6.07, 6.45) is 4.08. The molecule has 1 aliphatic heterocycles. The molecule has 2 heterocycles. The van der Waals surface area contributed by atoms with Crippen molar-refractivity contribution in [1.29, 1.82) is 0 Å². The summed E-state index contributed by atoms with van der Waals surface area (Å²) in [5.41, 5.74) is 0. The summed E-state index contributed by atoms with van der Waals surface area (Å²) in [5.74, 6) is 0.977. The first-order valence-electron chi connectivity index (χ1n) is 5.09. The number of hydrogen-bond acceptors (Lipinski definition) is 3. The highest BCUT2D eigenvalue weighted by Gasteiger charge is 2.27. The van der Waals surface area contributed by atoms with Gasteiger partial charge in [0.25, 0.3) is 0 Å². The molecule has 1 fully saturated rings. The van der Waals surface area contributed by atoms with Crippen molar-refractivity contribution in [3.63, 3.8) is 0 Å². The van der Waals surface area contributed by atoms with E-state index in [4.69, 9.17) is 4.74 Å². The maximum absolute atomic E-state index is 10.1. The van der Waals surface area contributed by atoms with Crippen molar-refractivity contribution >= 4 is 0 Å². The summed E-state index contributed by atoms with van der Waals surface area (Å²) in [6.45, 7) is 4.30. The molecule has 2 atom stereocenters. The van der Waals surface area contributed by atoms with Crippen molar-refractivity contribution in [3.8, 4) is 0 Å². The van der Waals surface area contributed by atoms with Crippen LogP contribution in [0.3, 0.4) is 0 Å². The fraction of sp³-hybridized carbons (Fsp3) is 0.700. The standard InChI is InChI=1S/C10H16N2O2/c1-2-12-5-4-11-10(12)9(13)8-3-6-14-7-8/h4-5,8-9,13H,2-3,6-7H2,1H3. The minimum Gasteiger partial charge on any atom is -0.385 e. The maximum Gasteiger partial charge on any atom is 0.137 e. The topological polar surface area (TPSA) is 47.3 Å². The largest absolute Gasteiger partial charge is 0.385 e. The number of imidazole rings is 1. The second-order valence-corrected chi connectivity index (χ2v) is 3.64. The van der Waals surface area contributed by atoms with Crippen LogP contribution in [0.2, 0.25) is 0 Å². The van der Waals surface area contributed by atoms with Gasteiger partial charge >= 0.3 is 0 Å². The fourth-order valence-corrected chi connectivity index (χ4v) is 1.87. The molecule has 1 saturated heterocycles. The van der Waals surface area contributed by atoms with Gasteiger partial charge in [0.15, 0.2) is 0 Å². The Hall–Kier alpha value is -0.870. The molecule has 0 aliphatic carbocycles. The van der Waals surface area contributed by atoms with Crippen molar-refractivity contribution in [2.75, 3.05) is 13.2 Å². The molecule has 78 valence electrons. The van der Waals surface area contributed by atoms with Gasteiger partial charge in [0.2, 0.25) is 0 Å². The zero-order chi connectivity index (χ0) is 9.97. The number of ether oxygens (including phenoxy) is 1. The highest BCUT2D eigenvalue weighted by atomic mass is 16.5. The summed E-state index contributed by atoms with van der Waals surface area (Å²) < 4.78 is 7.23. The van der Waals surface area contributed by atoms with Crippen LogP contribution >= 0.6 is 0 Å². The van der Waals surface area contributed by atoms with Crippen LogP contribution in [0, 0.1) is 5.92 Å². The van der Waals surface area contributed by atoms with Gasteiger partial charge in [-0.05, 0) is 13.3 Å². The lowest BCUT2D eigenvalue weighted by Gasteiger charge is -2.16. The Morgan fingerprint density at radius 2 is 2.64 bits per heavy atom. The van der Waals surface area contributed by atoms with Gasteiger partial charge in [-0.2, -0.15) is 0 Å². The van der Waals surface area contributed by atoms with Gasteiger partial charge < -0.3 is 14.4 Å². The summed E-state index contributed by atoms with van der Waals surface area (Å²) >= 11 is 0. The monoisotopic (exact) mass is 196 g/mol. The number of aromatic nitrogens is 2. The number of aryl methyl sites for hydroxylation is 1. The Morgan fingerprint density at radius 3 is 3.29 bits per heavy atom. The van der Waals surface area contributed by atoms with E-state index in [1.165, 1.54) is 0 Å². The number of aliphatic hydroxyl groups excluding tert-OH is 1. The summed E-state index contributed by atoms with van der Waals surface area (Å²) in [6, 6.07) is 0. The molecule has 0 amide bonds. The Balaban J connectivity index is 2.12. The smallest absolute Gasteiger partial charge is 0.137 e. The highest BCUT2D eigenvalue weighted by Crippen LogP contribution is 2.27. The van der Waals surface area contributed by atoms with Crippen LogP contribution in [-0.2, 0) is 11.3 Å². The van der Waals surface area contributed by atoms with Crippen LogP contribution in [0.5, 0.6) is 0 Å². The first-order valence-corrected chi connectivity index (χ1v) is 5.09. The zero-order valence-electron chi connectivity index (χ0n) is 8.39.